The predicted octanol–water partition coefficient (Wildman–Crippen LogP) is 3.77. The highest BCUT2D eigenvalue weighted by Crippen LogP contribution is 2.53. The van der Waals surface area contributed by atoms with Gasteiger partial charge in [0.05, 0.1) is 19.0 Å². The summed E-state index contributed by atoms with van der Waals surface area (Å²) >= 11 is 6.54. The van der Waals surface area contributed by atoms with Crippen LogP contribution in [0.5, 0.6) is 0 Å². The van der Waals surface area contributed by atoms with E-state index in [2.05, 4.69) is 34.2 Å². The number of fused-ring (bicyclic) bond motifs is 4. The molecule has 10 heteroatoms. The lowest BCUT2D eigenvalue weighted by molar-refractivity contribution is -0.199. The number of aliphatic hydroxyl groups excluding tert-OH is 1. The Morgan fingerprint density at radius 3 is 2.67 bits per heavy atom. The monoisotopic (exact) mass is 513 g/mol. The number of allylic oxidation sites excluding steroid dienone is 2. The summed E-state index contributed by atoms with van der Waals surface area (Å²) in [7, 11) is 0. The van der Waals surface area contributed by atoms with Gasteiger partial charge in [-0.05, 0) is 43.7 Å². The largest absolute Gasteiger partial charge is 0.394 e. The molecule has 0 radical (unpaired) electrons. The topological polar surface area (TPSA) is 94.8 Å². The molecule has 3 aliphatic heterocycles. The fourth-order valence-electron chi connectivity index (χ4n) is 7.27. The van der Waals surface area contributed by atoms with Crippen LogP contribution in [0.1, 0.15) is 52.2 Å². The third-order valence-corrected chi connectivity index (χ3v) is 8.90. The van der Waals surface area contributed by atoms with Gasteiger partial charge in [-0.25, -0.2) is 4.98 Å². The standard InChI is InChI=1S/C26H32ClN5O4/c1-25(2)35-19-17(12-33)34-23(20(19)36-25)32-14-28-18-21(29-24(27)30-22(18)32)31-13-26(10-6-3-7-11-26)15-8-4-5-9-16(15)31/h4-5,8-9,14-17,19-20,23,33H,3,6-7,10-13H2,1-2H3/t15?,16?,17-,19-,20-,23-/m1/s1. The van der Waals surface area contributed by atoms with E-state index in [4.69, 9.17) is 35.8 Å². The summed E-state index contributed by atoms with van der Waals surface area (Å²) in [5.41, 5.74) is 1.53. The quantitative estimate of drug-likeness (QED) is 0.620. The molecule has 0 bridgehead atoms. The number of ether oxygens (including phenoxy) is 3. The minimum atomic E-state index is -0.765. The summed E-state index contributed by atoms with van der Waals surface area (Å²) in [6.07, 6.45) is 15.2. The molecule has 6 atom stereocenters. The molecule has 4 fully saturated rings. The van der Waals surface area contributed by atoms with Crippen molar-refractivity contribution in [3.63, 3.8) is 0 Å². The molecule has 2 aromatic rings. The first-order valence-electron chi connectivity index (χ1n) is 13.0. The highest BCUT2D eigenvalue weighted by Gasteiger charge is 2.56. The van der Waals surface area contributed by atoms with E-state index < -0.39 is 24.2 Å². The first-order chi connectivity index (χ1) is 17.4. The van der Waals surface area contributed by atoms with E-state index >= 15 is 0 Å². The highest BCUT2D eigenvalue weighted by molar-refractivity contribution is 6.28. The highest BCUT2D eigenvalue weighted by atomic mass is 35.5. The molecule has 2 aliphatic carbocycles. The van der Waals surface area contributed by atoms with Crippen molar-refractivity contribution in [3.8, 4) is 0 Å². The average molecular weight is 514 g/mol. The molecule has 7 rings (SSSR count). The van der Waals surface area contributed by atoms with Crippen LogP contribution >= 0.6 is 11.6 Å². The second kappa shape index (κ2) is 8.23. The van der Waals surface area contributed by atoms with Crippen molar-refractivity contribution in [2.45, 2.75) is 82.3 Å². The number of imidazole rings is 1. The molecule has 3 saturated heterocycles. The maximum absolute atomic E-state index is 9.92. The van der Waals surface area contributed by atoms with E-state index in [0.29, 0.717) is 17.1 Å². The molecule has 2 aromatic heterocycles. The minimum Gasteiger partial charge on any atom is -0.394 e. The second-order valence-corrected chi connectivity index (χ2v) is 11.6. The van der Waals surface area contributed by atoms with Crippen LogP contribution in [-0.4, -0.2) is 67.9 Å². The number of aromatic nitrogens is 4. The van der Waals surface area contributed by atoms with Crippen molar-refractivity contribution in [1.29, 1.82) is 0 Å². The zero-order chi connectivity index (χ0) is 24.7. The summed E-state index contributed by atoms with van der Waals surface area (Å²) in [4.78, 5) is 16.5. The van der Waals surface area contributed by atoms with Crippen LogP contribution in [0.4, 0.5) is 5.82 Å². The smallest absolute Gasteiger partial charge is 0.226 e. The zero-order valence-electron chi connectivity index (χ0n) is 20.6. The van der Waals surface area contributed by atoms with E-state index in [0.717, 1.165) is 12.4 Å². The van der Waals surface area contributed by atoms with Gasteiger partial charge in [0, 0.05) is 12.5 Å². The Morgan fingerprint density at radius 2 is 1.86 bits per heavy atom. The molecule has 1 N–H and O–H groups in total. The average Bonchev–Trinajstić information content (AvgIpc) is 3.59. The van der Waals surface area contributed by atoms with Gasteiger partial charge in [-0.3, -0.25) is 4.57 Å². The lowest BCUT2D eigenvalue weighted by Crippen LogP contribution is -2.33. The van der Waals surface area contributed by atoms with Gasteiger partial charge in [-0.15, -0.1) is 0 Å². The molecule has 5 aliphatic rings. The van der Waals surface area contributed by atoms with Crippen LogP contribution in [0.25, 0.3) is 11.2 Å². The zero-order valence-corrected chi connectivity index (χ0v) is 21.3. The summed E-state index contributed by atoms with van der Waals surface area (Å²) in [5, 5.41) is 10.1. The number of nitrogens with zero attached hydrogens (tertiary/aromatic N) is 5. The van der Waals surface area contributed by atoms with E-state index in [1.807, 2.05) is 18.4 Å². The third-order valence-electron chi connectivity index (χ3n) is 8.73. The van der Waals surface area contributed by atoms with Crippen LogP contribution in [0, 0.1) is 11.3 Å². The van der Waals surface area contributed by atoms with Gasteiger partial charge in [0.1, 0.15) is 18.3 Å². The van der Waals surface area contributed by atoms with Crippen LogP contribution in [-0.2, 0) is 14.2 Å². The lowest BCUT2D eigenvalue weighted by Gasteiger charge is -2.38. The summed E-state index contributed by atoms with van der Waals surface area (Å²) in [6, 6.07) is 0.214. The molecule has 2 unspecified atom stereocenters. The summed E-state index contributed by atoms with van der Waals surface area (Å²) < 4.78 is 20.3. The number of rotatable bonds is 3. The van der Waals surface area contributed by atoms with E-state index in [1.165, 1.54) is 32.1 Å². The first-order valence-corrected chi connectivity index (χ1v) is 13.4. The van der Waals surface area contributed by atoms with Crippen molar-refractivity contribution in [2.24, 2.45) is 11.3 Å². The molecule has 1 spiro atoms. The number of hydrogen-bond donors (Lipinski definition) is 1. The van der Waals surface area contributed by atoms with Gasteiger partial charge in [-0.2, -0.15) is 9.97 Å². The molecule has 192 valence electrons. The normalized spacial score (nSPS) is 36.2. The van der Waals surface area contributed by atoms with Crippen molar-refractivity contribution in [1.82, 2.24) is 19.5 Å². The number of aliphatic hydroxyl groups is 1. The Kier molecular flexibility index (Phi) is 5.28. The molecule has 0 amide bonds. The van der Waals surface area contributed by atoms with Gasteiger partial charge in [0.25, 0.3) is 0 Å². The fraction of sp³-hybridized carbons (Fsp3) is 0.654. The van der Waals surface area contributed by atoms with Gasteiger partial charge in [-0.1, -0.05) is 43.6 Å². The number of anilines is 1. The van der Waals surface area contributed by atoms with Crippen molar-refractivity contribution in [3.05, 3.63) is 35.9 Å². The first kappa shape index (κ1) is 23.1. The molecule has 0 aromatic carbocycles. The molecule has 5 heterocycles. The molecule has 9 nitrogen and oxygen atoms in total. The van der Waals surface area contributed by atoms with Crippen LogP contribution in [0.3, 0.4) is 0 Å². The third kappa shape index (κ3) is 3.40. The van der Waals surface area contributed by atoms with Gasteiger partial charge < -0.3 is 24.2 Å². The Morgan fingerprint density at radius 1 is 1.08 bits per heavy atom. The molecular weight excluding hydrogens is 482 g/mol. The molecule has 36 heavy (non-hydrogen) atoms. The molecular formula is C26H32ClN5O4. The van der Waals surface area contributed by atoms with Crippen LogP contribution < -0.4 is 4.90 Å². The van der Waals surface area contributed by atoms with Gasteiger partial charge in [0.15, 0.2) is 29.0 Å². The Labute approximate surface area is 215 Å². The van der Waals surface area contributed by atoms with Gasteiger partial charge in [0.2, 0.25) is 5.28 Å². The second-order valence-electron chi connectivity index (χ2n) is 11.3. The maximum Gasteiger partial charge on any atom is 0.226 e. The van der Waals surface area contributed by atoms with Crippen LogP contribution in [0.2, 0.25) is 5.28 Å². The predicted molar refractivity (Wildman–Crippen MR) is 134 cm³/mol. The summed E-state index contributed by atoms with van der Waals surface area (Å²) in [5.74, 6) is 0.445. The SMILES string of the molecule is CC1(C)O[C@@H]2[C@H](O1)[C@@H](CO)O[C@H]2n1cnc2c(N3CC4(CCCCC4)C4C=CC=CC43)nc(Cl)nc21. The maximum atomic E-state index is 9.92. The Balaban J connectivity index is 1.30. The van der Waals surface area contributed by atoms with E-state index in [1.54, 1.807) is 6.33 Å². The fourth-order valence-corrected chi connectivity index (χ4v) is 7.43. The molecule has 1 saturated carbocycles. The van der Waals surface area contributed by atoms with Crippen molar-refractivity contribution in [2.75, 3.05) is 18.1 Å². The van der Waals surface area contributed by atoms with E-state index in [-0.39, 0.29) is 29.5 Å². The Bertz CT molecular complexity index is 1240. The van der Waals surface area contributed by atoms with Gasteiger partial charge >= 0.3 is 0 Å². The van der Waals surface area contributed by atoms with Crippen molar-refractivity contribution < 1.29 is 19.3 Å². The number of hydrogen-bond acceptors (Lipinski definition) is 8. The Hall–Kier alpha value is -2.04. The lowest BCUT2D eigenvalue weighted by atomic mass is 9.65. The van der Waals surface area contributed by atoms with E-state index in [9.17, 15) is 5.11 Å². The summed E-state index contributed by atoms with van der Waals surface area (Å²) in [6.45, 7) is 4.51. The van der Waals surface area contributed by atoms with Crippen LogP contribution in [0.15, 0.2) is 30.6 Å². The minimum absolute atomic E-state index is 0.163. The van der Waals surface area contributed by atoms with Crippen molar-refractivity contribution >= 4 is 28.6 Å². The number of halogens is 1.